The van der Waals surface area contributed by atoms with Crippen molar-refractivity contribution in [2.24, 2.45) is 0 Å². The van der Waals surface area contributed by atoms with Crippen molar-refractivity contribution >= 4 is 18.6 Å². The van der Waals surface area contributed by atoms with Gasteiger partial charge in [-0.05, 0) is 6.07 Å². The summed E-state index contributed by atoms with van der Waals surface area (Å²) in [5, 5.41) is 19.2. The predicted octanol–water partition coefficient (Wildman–Crippen LogP) is -0.273. The molecule has 1 N–H and O–H groups in total. The Hall–Kier alpha value is -1.27. The average Bonchev–Trinajstić information content (AvgIpc) is 2.04. The Kier molecular flexibility index (Phi) is 3.10. The van der Waals surface area contributed by atoms with Gasteiger partial charge in [0.05, 0.1) is 0 Å². The van der Waals surface area contributed by atoms with Crippen molar-refractivity contribution < 1.29 is 14.0 Å². The summed E-state index contributed by atoms with van der Waals surface area (Å²) in [7, 11) is 0. The molecule has 1 heterocycles. The van der Waals surface area contributed by atoms with Gasteiger partial charge in [0.15, 0.2) is 6.20 Å². The highest BCUT2D eigenvalue weighted by molar-refractivity contribution is 7.51. The van der Waals surface area contributed by atoms with Gasteiger partial charge in [0.2, 0.25) is 0 Å². The lowest BCUT2D eigenvalue weighted by Crippen LogP contribution is -2.31. The zero-order valence-electron chi connectivity index (χ0n) is 6.71. The molecule has 0 aliphatic carbocycles. The molecule has 6 heteroatoms. The fourth-order valence-corrected chi connectivity index (χ4v) is 1.29. The van der Waals surface area contributed by atoms with E-state index in [1.54, 1.807) is 12.1 Å². The van der Waals surface area contributed by atoms with Crippen LogP contribution in [0.2, 0.25) is 0 Å². The Morgan fingerprint density at radius 3 is 2.92 bits per heavy atom. The van der Waals surface area contributed by atoms with Crippen LogP contribution < -0.4 is 3.97 Å². The minimum absolute atomic E-state index is 0.125. The first-order valence-electron chi connectivity index (χ1n) is 3.63. The Morgan fingerprint density at radius 1 is 1.69 bits per heavy atom. The van der Waals surface area contributed by atoms with Crippen LogP contribution in [-0.2, 0) is 19.2 Å². The molecule has 0 atom stereocenters. The zero-order chi connectivity index (χ0) is 9.84. The minimum atomic E-state index is -0.544. The SMILES string of the molecule is O=[N+]([O-])c1c(CCO)ccc[n+]1[S-]. The predicted molar refractivity (Wildman–Crippen MR) is 46.8 cm³/mol. The normalized spacial score (nSPS) is 9.92. The molecule has 0 spiro atoms. The molecule has 5 nitrogen and oxygen atoms in total. The molecule has 0 fully saturated rings. The zero-order valence-corrected chi connectivity index (χ0v) is 7.53. The lowest BCUT2D eigenvalue weighted by atomic mass is 10.2. The number of aliphatic hydroxyl groups excluding tert-OH is 1. The highest BCUT2D eigenvalue weighted by Crippen LogP contribution is 2.12. The van der Waals surface area contributed by atoms with Crippen LogP contribution in [0.1, 0.15) is 5.56 Å². The Labute approximate surface area is 80.3 Å². The van der Waals surface area contributed by atoms with Gasteiger partial charge in [0, 0.05) is 19.1 Å². The number of hydrogen-bond acceptors (Lipinski definition) is 4. The van der Waals surface area contributed by atoms with Crippen LogP contribution >= 0.6 is 0 Å². The summed E-state index contributed by atoms with van der Waals surface area (Å²) >= 11 is 4.72. The molecule has 0 bridgehead atoms. The second-order valence-corrected chi connectivity index (χ2v) is 2.81. The topological polar surface area (TPSA) is 67.2 Å². The number of rotatable bonds is 3. The van der Waals surface area contributed by atoms with Gasteiger partial charge >= 0.3 is 5.82 Å². The van der Waals surface area contributed by atoms with Gasteiger partial charge in [-0.15, -0.1) is 0 Å². The Morgan fingerprint density at radius 2 is 2.38 bits per heavy atom. The second kappa shape index (κ2) is 4.11. The van der Waals surface area contributed by atoms with Gasteiger partial charge in [-0.2, -0.15) is 0 Å². The maximum absolute atomic E-state index is 10.6. The summed E-state index contributed by atoms with van der Waals surface area (Å²) in [6, 6.07) is 3.20. The van der Waals surface area contributed by atoms with E-state index in [-0.39, 0.29) is 18.8 Å². The van der Waals surface area contributed by atoms with Crippen LogP contribution in [0.15, 0.2) is 18.3 Å². The van der Waals surface area contributed by atoms with E-state index in [2.05, 4.69) is 0 Å². The van der Waals surface area contributed by atoms with Gasteiger partial charge in [0.25, 0.3) is 0 Å². The largest absolute Gasteiger partial charge is 0.490 e. The summed E-state index contributed by atoms with van der Waals surface area (Å²) < 4.78 is 1.02. The summed E-state index contributed by atoms with van der Waals surface area (Å²) in [6.07, 6.45) is 1.67. The van der Waals surface area contributed by atoms with Crippen molar-refractivity contribution in [3.63, 3.8) is 0 Å². The Balaban J connectivity index is 3.17. The second-order valence-electron chi connectivity index (χ2n) is 2.41. The van der Waals surface area contributed by atoms with Crippen molar-refractivity contribution in [1.82, 2.24) is 0 Å². The molecule has 0 aliphatic rings. The fourth-order valence-electron chi connectivity index (χ4n) is 1.04. The first-order valence-corrected chi connectivity index (χ1v) is 3.99. The van der Waals surface area contributed by atoms with Crippen molar-refractivity contribution in [3.05, 3.63) is 34.0 Å². The van der Waals surface area contributed by atoms with Crippen LogP contribution in [0.3, 0.4) is 0 Å². The van der Waals surface area contributed by atoms with Gasteiger partial charge in [-0.3, -0.25) is 10.1 Å². The van der Waals surface area contributed by atoms with Gasteiger partial charge < -0.3 is 17.9 Å². The quantitative estimate of drug-likeness (QED) is 0.315. The fraction of sp³-hybridized carbons (Fsp3) is 0.286. The number of aliphatic hydroxyl groups is 1. The highest BCUT2D eigenvalue weighted by atomic mass is 32.1. The summed E-state index contributed by atoms with van der Waals surface area (Å²) in [5.41, 5.74) is 0.449. The van der Waals surface area contributed by atoms with E-state index in [0.29, 0.717) is 5.56 Å². The third-order valence-electron chi connectivity index (χ3n) is 1.57. The molecule has 70 valence electrons. The third kappa shape index (κ3) is 2.10. The van der Waals surface area contributed by atoms with E-state index in [0.717, 1.165) is 3.97 Å². The van der Waals surface area contributed by atoms with Crippen molar-refractivity contribution in [3.8, 4) is 0 Å². The smallest absolute Gasteiger partial charge is 0.420 e. The summed E-state index contributed by atoms with van der Waals surface area (Å²) in [5.74, 6) is -0.147. The third-order valence-corrected chi connectivity index (χ3v) is 1.86. The number of aromatic nitrogens is 1. The highest BCUT2D eigenvalue weighted by Gasteiger charge is 2.21. The number of hydrogen-bond donors (Lipinski definition) is 1. The number of pyridine rings is 1. The molecule has 1 aromatic rings. The lowest BCUT2D eigenvalue weighted by molar-refractivity contribution is -0.588. The molecular formula is C7H8N2O3S. The first kappa shape index (κ1) is 9.82. The molecule has 0 saturated heterocycles. The molecule has 0 unspecified atom stereocenters. The standard InChI is InChI=1S/C7H8N2O3S/c10-5-3-6-2-1-4-8(13)7(6)9(11)12/h1-2,4,10H,3,5H2. The molecule has 0 saturated carbocycles. The maximum Gasteiger partial charge on any atom is 0.490 e. The van der Waals surface area contributed by atoms with Gasteiger partial charge in [-0.1, -0.05) is 0 Å². The van der Waals surface area contributed by atoms with E-state index in [1.807, 2.05) is 0 Å². The van der Waals surface area contributed by atoms with Crippen molar-refractivity contribution in [1.29, 1.82) is 0 Å². The molecule has 1 rings (SSSR count). The van der Waals surface area contributed by atoms with E-state index in [1.165, 1.54) is 6.20 Å². The molecule has 0 radical (unpaired) electrons. The molecule has 0 amide bonds. The molecule has 1 aromatic heterocycles. The average molecular weight is 200 g/mol. The van der Waals surface area contributed by atoms with Crippen LogP contribution in [0.4, 0.5) is 5.82 Å². The minimum Gasteiger partial charge on any atom is -0.420 e. The van der Waals surface area contributed by atoms with Crippen molar-refractivity contribution in [2.75, 3.05) is 6.61 Å². The van der Waals surface area contributed by atoms with Crippen LogP contribution in [0, 0.1) is 10.1 Å². The van der Waals surface area contributed by atoms with Crippen LogP contribution in [-0.4, -0.2) is 16.6 Å². The van der Waals surface area contributed by atoms with E-state index in [4.69, 9.17) is 17.9 Å². The number of nitrogens with zero attached hydrogens (tertiary/aromatic N) is 2. The first-order chi connectivity index (χ1) is 6.16. The summed E-state index contributed by atoms with van der Waals surface area (Å²) in [4.78, 5) is 10.0. The van der Waals surface area contributed by atoms with E-state index >= 15 is 0 Å². The van der Waals surface area contributed by atoms with Gasteiger partial charge in [-0.25, -0.2) is 3.97 Å². The molecule has 13 heavy (non-hydrogen) atoms. The molecule has 0 aliphatic heterocycles. The monoisotopic (exact) mass is 200 g/mol. The van der Waals surface area contributed by atoms with Gasteiger partial charge in [0.1, 0.15) is 10.5 Å². The Bertz CT molecular complexity index is 330. The van der Waals surface area contributed by atoms with Crippen molar-refractivity contribution in [2.45, 2.75) is 6.42 Å². The lowest BCUT2D eigenvalue weighted by Gasteiger charge is -2.01. The maximum atomic E-state index is 10.6. The van der Waals surface area contributed by atoms with Crippen LogP contribution in [0.25, 0.3) is 0 Å². The number of nitro groups is 1. The molecular weight excluding hydrogens is 192 g/mol. The van der Waals surface area contributed by atoms with Crippen LogP contribution in [0.5, 0.6) is 0 Å². The van der Waals surface area contributed by atoms with E-state index in [9.17, 15) is 10.1 Å². The summed E-state index contributed by atoms with van der Waals surface area (Å²) in [6.45, 7) is -0.125. The van der Waals surface area contributed by atoms with E-state index < -0.39 is 4.92 Å². The molecule has 0 aromatic carbocycles.